The van der Waals surface area contributed by atoms with Crippen molar-refractivity contribution in [2.75, 3.05) is 13.7 Å². The summed E-state index contributed by atoms with van der Waals surface area (Å²) in [6.45, 7) is 2.50. The number of carbonyl (C=O) groups is 1. The van der Waals surface area contributed by atoms with E-state index in [9.17, 15) is 4.79 Å². The van der Waals surface area contributed by atoms with Crippen LogP contribution in [0, 0.1) is 0 Å². The first kappa shape index (κ1) is 15.6. The number of Topliss-reactive ketones (excluding diaryl/α,β-unsaturated/α-hetero) is 1. The highest BCUT2D eigenvalue weighted by molar-refractivity contribution is 9.10. The lowest BCUT2D eigenvalue weighted by Gasteiger charge is -2.09. The van der Waals surface area contributed by atoms with Gasteiger partial charge in [0.25, 0.3) is 0 Å². The molecule has 0 aliphatic rings. The molecular formula is C17H17BrO3. The molecule has 0 aliphatic heterocycles. The predicted octanol–water partition coefficient (Wildman–Crippen LogP) is 4.28. The van der Waals surface area contributed by atoms with Crippen LogP contribution in [0.3, 0.4) is 0 Å². The highest BCUT2D eigenvalue weighted by Crippen LogP contribution is 2.25. The molecule has 2 rings (SSSR count). The summed E-state index contributed by atoms with van der Waals surface area (Å²) in [5, 5.41) is 0. The standard InChI is InChI=1S/C17H17BrO3/c1-3-21-15-6-4-5-12(10-15)16(19)11-13-9-14(18)7-8-17(13)20-2/h4-10H,3,11H2,1-2H3. The van der Waals surface area contributed by atoms with Crippen molar-refractivity contribution >= 4 is 21.7 Å². The Hall–Kier alpha value is -1.81. The van der Waals surface area contributed by atoms with Gasteiger partial charge in [0.05, 0.1) is 13.7 Å². The van der Waals surface area contributed by atoms with E-state index in [4.69, 9.17) is 9.47 Å². The van der Waals surface area contributed by atoms with Crippen LogP contribution in [-0.2, 0) is 6.42 Å². The Bertz CT molecular complexity index is 638. The first-order valence-corrected chi connectivity index (χ1v) is 7.51. The summed E-state index contributed by atoms with van der Waals surface area (Å²) in [5.41, 5.74) is 1.50. The second-order valence-corrected chi connectivity index (χ2v) is 5.43. The van der Waals surface area contributed by atoms with Crippen molar-refractivity contribution in [3.8, 4) is 11.5 Å². The molecular weight excluding hydrogens is 332 g/mol. The van der Waals surface area contributed by atoms with E-state index in [1.165, 1.54) is 0 Å². The molecule has 110 valence electrons. The molecule has 0 fully saturated rings. The maximum absolute atomic E-state index is 12.4. The van der Waals surface area contributed by atoms with E-state index < -0.39 is 0 Å². The SMILES string of the molecule is CCOc1cccc(C(=O)Cc2cc(Br)ccc2OC)c1. The summed E-state index contributed by atoms with van der Waals surface area (Å²) < 4.78 is 11.7. The van der Waals surface area contributed by atoms with Crippen LogP contribution in [0.1, 0.15) is 22.8 Å². The van der Waals surface area contributed by atoms with Gasteiger partial charge < -0.3 is 9.47 Å². The van der Waals surface area contributed by atoms with E-state index in [0.29, 0.717) is 23.7 Å². The Labute approximate surface area is 133 Å². The number of ether oxygens (including phenoxy) is 2. The lowest BCUT2D eigenvalue weighted by Crippen LogP contribution is -2.05. The highest BCUT2D eigenvalue weighted by atomic mass is 79.9. The van der Waals surface area contributed by atoms with E-state index in [1.54, 1.807) is 19.2 Å². The molecule has 2 aromatic carbocycles. The van der Waals surface area contributed by atoms with Gasteiger partial charge in [-0.05, 0) is 37.3 Å². The van der Waals surface area contributed by atoms with Gasteiger partial charge in [0.15, 0.2) is 5.78 Å². The molecule has 0 unspecified atom stereocenters. The fourth-order valence-electron chi connectivity index (χ4n) is 2.09. The third kappa shape index (κ3) is 4.08. The van der Waals surface area contributed by atoms with Gasteiger partial charge >= 0.3 is 0 Å². The molecule has 0 heterocycles. The Kier molecular flexibility index (Phi) is 5.39. The zero-order chi connectivity index (χ0) is 15.2. The third-order valence-electron chi connectivity index (χ3n) is 3.06. The molecule has 0 spiro atoms. The van der Waals surface area contributed by atoms with Crippen molar-refractivity contribution in [2.24, 2.45) is 0 Å². The number of ketones is 1. The molecule has 0 saturated carbocycles. The summed E-state index contributed by atoms with van der Waals surface area (Å²) in [5.74, 6) is 1.46. The van der Waals surface area contributed by atoms with Gasteiger partial charge in [0.1, 0.15) is 11.5 Å². The number of hydrogen-bond donors (Lipinski definition) is 0. The number of carbonyl (C=O) groups excluding carboxylic acids is 1. The zero-order valence-corrected chi connectivity index (χ0v) is 13.6. The highest BCUT2D eigenvalue weighted by Gasteiger charge is 2.12. The third-order valence-corrected chi connectivity index (χ3v) is 3.55. The summed E-state index contributed by atoms with van der Waals surface area (Å²) in [6.07, 6.45) is 0.290. The fraction of sp³-hybridized carbons (Fsp3) is 0.235. The van der Waals surface area contributed by atoms with E-state index >= 15 is 0 Å². The molecule has 3 nitrogen and oxygen atoms in total. The molecule has 0 aromatic heterocycles. The van der Waals surface area contributed by atoms with E-state index in [0.717, 1.165) is 10.0 Å². The van der Waals surface area contributed by atoms with Crippen LogP contribution in [-0.4, -0.2) is 19.5 Å². The van der Waals surface area contributed by atoms with E-state index in [2.05, 4.69) is 15.9 Å². The van der Waals surface area contributed by atoms with Crippen molar-refractivity contribution in [2.45, 2.75) is 13.3 Å². The largest absolute Gasteiger partial charge is 0.496 e. The van der Waals surface area contributed by atoms with E-state index in [-0.39, 0.29) is 12.2 Å². The zero-order valence-electron chi connectivity index (χ0n) is 12.1. The average Bonchev–Trinajstić information content (AvgIpc) is 2.48. The van der Waals surface area contributed by atoms with Crippen molar-refractivity contribution in [3.05, 3.63) is 58.1 Å². The summed E-state index contributed by atoms with van der Waals surface area (Å²) in [7, 11) is 1.60. The smallest absolute Gasteiger partial charge is 0.167 e. The molecule has 2 aromatic rings. The lowest BCUT2D eigenvalue weighted by atomic mass is 10.0. The first-order valence-electron chi connectivity index (χ1n) is 6.72. The molecule has 0 saturated heterocycles. The quantitative estimate of drug-likeness (QED) is 0.730. The summed E-state index contributed by atoms with van der Waals surface area (Å²) in [4.78, 5) is 12.4. The number of halogens is 1. The second-order valence-electron chi connectivity index (χ2n) is 4.52. The Balaban J connectivity index is 2.21. The summed E-state index contributed by atoms with van der Waals surface area (Å²) >= 11 is 3.42. The molecule has 0 aliphatic carbocycles. The molecule has 0 amide bonds. The van der Waals surface area contributed by atoms with Gasteiger partial charge in [-0.2, -0.15) is 0 Å². The van der Waals surface area contributed by atoms with E-state index in [1.807, 2.05) is 37.3 Å². The fourth-order valence-corrected chi connectivity index (χ4v) is 2.49. The van der Waals surface area contributed by atoms with Crippen LogP contribution in [0.25, 0.3) is 0 Å². The van der Waals surface area contributed by atoms with Crippen LogP contribution in [0.2, 0.25) is 0 Å². The minimum atomic E-state index is 0.0351. The van der Waals surface area contributed by atoms with Gasteiger partial charge in [0, 0.05) is 22.0 Å². The van der Waals surface area contributed by atoms with Crippen molar-refractivity contribution < 1.29 is 14.3 Å². The van der Waals surface area contributed by atoms with Gasteiger partial charge in [0.2, 0.25) is 0 Å². The topological polar surface area (TPSA) is 35.5 Å². The number of hydrogen-bond acceptors (Lipinski definition) is 3. The Morgan fingerprint density at radius 1 is 1.19 bits per heavy atom. The van der Waals surface area contributed by atoms with Gasteiger partial charge in [-0.1, -0.05) is 28.1 Å². The normalized spacial score (nSPS) is 10.2. The van der Waals surface area contributed by atoms with Crippen LogP contribution < -0.4 is 9.47 Å². The lowest BCUT2D eigenvalue weighted by molar-refractivity contribution is 0.0991. The maximum Gasteiger partial charge on any atom is 0.167 e. The minimum Gasteiger partial charge on any atom is -0.496 e. The van der Waals surface area contributed by atoms with Crippen molar-refractivity contribution in [3.63, 3.8) is 0 Å². The first-order chi connectivity index (χ1) is 10.1. The maximum atomic E-state index is 12.4. The monoisotopic (exact) mass is 348 g/mol. The van der Waals surface area contributed by atoms with Gasteiger partial charge in [-0.15, -0.1) is 0 Å². The van der Waals surface area contributed by atoms with Crippen LogP contribution >= 0.6 is 15.9 Å². The molecule has 0 N–H and O–H groups in total. The molecule has 21 heavy (non-hydrogen) atoms. The average molecular weight is 349 g/mol. The van der Waals surface area contributed by atoms with Crippen LogP contribution in [0.5, 0.6) is 11.5 Å². The molecule has 4 heteroatoms. The van der Waals surface area contributed by atoms with Crippen LogP contribution in [0.15, 0.2) is 46.9 Å². The van der Waals surface area contributed by atoms with Crippen LogP contribution in [0.4, 0.5) is 0 Å². The Morgan fingerprint density at radius 2 is 2.00 bits per heavy atom. The number of benzene rings is 2. The summed E-state index contributed by atoms with van der Waals surface area (Å²) in [6, 6.07) is 12.9. The minimum absolute atomic E-state index is 0.0351. The van der Waals surface area contributed by atoms with Crippen molar-refractivity contribution in [1.29, 1.82) is 0 Å². The van der Waals surface area contributed by atoms with Crippen molar-refractivity contribution in [1.82, 2.24) is 0 Å². The Morgan fingerprint density at radius 3 is 2.71 bits per heavy atom. The van der Waals surface area contributed by atoms with Gasteiger partial charge in [-0.25, -0.2) is 0 Å². The number of methoxy groups -OCH3 is 1. The predicted molar refractivity (Wildman–Crippen MR) is 86.3 cm³/mol. The molecule has 0 radical (unpaired) electrons. The molecule has 0 bridgehead atoms. The van der Waals surface area contributed by atoms with Gasteiger partial charge in [-0.3, -0.25) is 4.79 Å². The molecule has 0 atom stereocenters. The second kappa shape index (κ2) is 7.27. The number of rotatable bonds is 6.